The molecule has 0 heterocycles. The zero-order valence-corrected chi connectivity index (χ0v) is 14.4. The van der Waals surface area contributed by atoms with Crippen LogP contribution in [0.25, 0.3) is 0 Å². The van der Waals surface area contributed by atoms with Gasteiger partial charge in [-0.05, 0) is 68.6 Å². The normalized spacial score (nSPS) is 23.3. The molecule has 0 aromatic heterocycles. The number of phenolic OH excluding ortho intramolecular Hbond substituents is 1. The largest absolute Gasteiger partial charge is 0.504 e. The van der Waals surface area contributed by atoms with Crippen LogP contribution in [-0.4, -0.2) is 24.2 Å². The molecule has 3 rings (SSSR count). The van der Waals surface area contributed by atoms with Crippen molar-refractivity contribution in [1.29, 1.82) is 0 Å². The Morgan fingerprint density at radius 2 is 2.04 bits per heavy atom. The lowest BCUT2D eigenvalue weighted by Gasteiger charge is -2.29. The average Bonchev–Trinajstić information content (AvgIpc) is 2.54. The Bertz CT molecular complexity index is 609. The van der Waals surface area contributed by atoms with E-state index >= 15 is 0 Å². The highest BCUT2D eigenvalue weighted by molar-refractivity contribution is 5.79. The summed E-state index contributed by atoms with van der Waals surface area (Å²) in [5.74, 6) is 1.27. The van der Waals surface area contributed by atoms with Crippen LogP contribution < -0.4 is 10.1 Å². The lowest BCUT2D eigenvalue weighted by Crippen LogP contribution is -2.38. The molecule has 0 bridgehead atoms. The smallest absolute Gasteiger partial charge is 0.224 e. The monoisotopic (exact) mass is 329 g/mol. The minimum absolute atomic E-state index is 0.0449. The number of hydrogen-bond acceptors (Lipinski definition) is 3. The first-order chi connectivity index (χ1) is 11.6. The van der Waals surface area contributed by atoms with Gasteiger partial charge in [0.15, 0.2) is 11.5 Å². The Morgan fingerprint density at radius 3 is 2.67 bits per heavy atom. The molecule has 0 atom stereocenters. The predicted octanol–water partition coefficient (Wildman–Crippen LogP) is 3.73. The summed E-state index contributed by atoms with van der Waals surface area (Å²) in [4.78, 5) is 12.3. The molecule has 1 aromatic carbocycles. The first-order valence-electron chi connectivity index (χ1n) is 8.99. The Labute approximate surface area is 143 Å². The maximum Gasteiger partial charge on any atom is 0.224 e. The van der Waals surface area contributed by atoms with Crippen molar-refractivity contribution < 1.29 is 14.6 Å². The van der Waals surface area contributed by atoms with E-state index in [1.807, 2.05) is 0 Å². The van der Waals surface area contributed by atoms with Gasteiger partial charge in [-0.25, -0.2) is 0 Å². The molecular formula is C20H27NO3. The van der Waals surface area contributed by atoms with E-state index in [4.69, 9.17) is 4.74 Å². The molecule has 0 spiro atoms. The van der Waals surface area contributed by atoms with Crippen molar-refractivity contribution in [2.75, 3.05) is 7.11 Å². The average molecular weight is 329 g/mol. The van der Waals surface area contributed by atoms with Crippen LogP contribution in [0.5, 0.6) is 11.5 Å². The molecule has 0 radical (unpaired) electrons. The second-order valence-corrected chi connectivity index (χ2v) is 7.04. The van der Waals surface area contributed by atoms with Gasteiger partial charge in [0.2, 0.25) is 5.91 Å². The molecule has 2 aliphatic rings. The second-order valence-electron chi connectivity index (χ2n) is 7.04. The number of carbonyl (C=O) groups is 1. The number of benzene rings is 1. The van der Waals surface area contributed by atoms with Crippen molar-refractivity contribution in [1.82, 2.24) is 5.32 Å². The van der Waals surface area contributed by atoms with Crippen LogP contribution in [0.2, 0.25) is 0 Å². The van der Waals surface area contributed by atoms with Crippen molar-refractivity contribution in [2.24, 2.45) is 5.92 Å². The molecule has 0 aliphatic heterocycles. The fourth-order valence-corrected chi connectivity index (χ4v) is 3.61. The zero-order chi connectivity index (χ0) is 16.9. The number of carbonyl (C=O) groups excluding carboxylic acids is 1. The van der Waals surface area contributed by atoms with Crippen LogP contribution in [-0.2, 0) is 11.2 Å². The van der Waals surface area contributed by atoms with Crippen LogP contribution in [0.15, 0.2) is 29.8 Å². The third-order valence-electron chi connectivity index (χ3n) is 5.21. The summed E-state index contributed by atoms with van der Waals surface area (Å²) >= 11 is 0. The fraction of sp³-hybridized carbons (Fsp3) is 0.550. The second kappa shape index (κ2) is 7.73. The van der Waals surface area contributed by atoms with Gasteiger partial charge in [0.05, 0.1) is 13.5 Å². The fourth-order valence-electron chi connectivity index (χ4n) is 3.61. The van der Waals surface area contributed by atoms with Gasteiger partial charge in [-0.15, -0.1) is 0 Å². The van der Waals surface area contributed by atoms with E-state index in [9.17, 15) is 9.90 Å². The van der Waals surface area contributed by atoms with Crippen LogP contribution >= 0.6 is 0 Å². The standard InChI is InChI=1S/C20H27NO3/c1-24-19-12-16(7-10-18(19)22)13-20(23)21-17-8-5-15(6-9-17)11-14-3-2-4-14/h7,10-12,15,17,22H,2-6,8-9,13H2,1H3,(H,21,23). The number of rotatable bonds is 5. The summed E-state index contributed by atoms with van der Waals surface area (Å²) in [5.41, 5.74) is 2.49. The number of nitrogens with one attached hydrogen (secondary N) is 1. The molecule has 2 saturated carbocycles. The molecule has 24 heavy (non-hydrogen) atoms. The molecule has 0 saturated heterocycles. The van der Waals surface area contributed by atoms with Gasteiger partial charge in [-0.3, -0.25) is 4.79 Å². The molecule has 1 aromatic rings. The van der Waals surface area contributed by atoms with Crippen molar-refractivity contribution in [3.05, 3.63) is 35.4 Å². The first kappa shape index (κ1) is 16.9. The topological polar surface area (TPSA) is 58.6 Å². The molecule has 4 nitrogen and oxygen atoms in total. The number of phenols is 1. The van der Waals surface area contributed by atoms with Gasteiger partial charge >= 0.3 is 0 Å². The third-order valence-corrected chi connectivity index (χ3v) is 5.21. The van der Waals surface area contributed by atoms with E-state index in [2.05, 4.69) is 11.4 Å². The minimum Gasteiger partial charge on any atom is -0.504 e. The lowest BCUT2D eigenvalue weighted by molar-refractivity contribution is -0.121. The van der Waals surface area contributed by atoms with Crippen molar-refractivity contribution in [3.63, 3.8) is 0 Å². The summed E-state index contributed by atoms with van der Waals surface area (Å²) in [6.45, 7) is 0. The Balaban J connectivity index is 1.45. The van der Waals surface area contributed by atoms with Gasteiger partial charge in [0, 0.05) is 6.04 Å². The van der Waals surface area contributed by atoms with Crippen molar-refractivity contribution in [3.8, 4) is 11.5 Å². The maximum atomic E-state index is 12.3. The van der Waals surface area contributed by atoms with E-state index in [0.29, 0.717) is 18.2 Å². The van der Waals surface area contributed by atoms with Gasteiger partial charge in [-0.2, -0.15) is 0 Å². The van der Waals surface area contributed by atoms with Crippen molar-refractivity contribution in [2.45, 2.75) is 57.4 Å². The molecule has 4 heteroatoms. The molecule has 2 N–H and O–H groups in total. The molecule has 1 amide bonds. The molecule has 2 fully saturated rings. The number of ether oxygens (including phenoxy) is 1. The maximum absolute atomic E-state index is 12.3. The van der Waals surface area contributed by atoms with E-state index in [0.717, 1.165) is 24.3 Å². The molecular weight excluding hydrogens is 302 g/mol. The summed E-state index contributed by atoms with van der Waals surface area (Å²) in [6, 6.07) is 5.35. The van der Waals surface area contributed by atoms with Gasteiger partial charge in [-0.1, -0.05) is 17.7 Å². The molecule has 130 valence electrons. The third kappa shape index (κ3) is 4.31. The zero-order valence-electron chi connectivity index (χ0n) is 14.4. The van der Waals surface area contributed by atoms with Crippen LogP contribution in [0.1, 0.15) is 50.5 Å². The predicted molar refractivity (Wildman–Crippen MR) is 94.2 cm³/mol. The number of amides is 1. The highest BCUT2D eigenvalue weighted by atomic mass is 16.5. The summed E-state index contributed by atoms with van der Waals surface area (Å²) in [5, 5.41) is 12.8. The van der Waals surface area contributed by atoms with Crippen LogP contribution in [0, 0.1) is 5.92 Å². The number of allylic oxidation sites excluding steroid dienone is 2. The molecule has 0 unspecified atom stereocenters. The van der Waals surface area contributed by atoms with Gasteiger partial charge < -0.3 is 15.2 Å². The van der Waals surface area contributed by atoms with E-state index in [1.165, 1.54) is 39.2 Å². The summed E-state index contributed by atoms with van der Waals surface area (Å²) in [7, 11) is 1.51. The first-order valence-corrected chi connectivity index (χ1v) is 8.99. The SMILES string of the molecule is COc1cc(CC(=O)NC2CCC(C=C3CCC3)CC2)ccc1O. The van der Waals surface area contributed by atoms with Gasteiger partial charge in [0.25, 0.3) is 0 Å². The Morgan fingerprint density at radius 1 is 1.29 bits per heavy atom. The van der Waals surface area contributed by atoms with Gasteiger partial charge in [0.1, 0.15) is 0 Å². The molecule has 2 aliphatic carbocycles. The highest BCUT2D eigenvalue weighted by Gasteiger charge is 2.22. The van der Waals surface area contributed by atoms with E-state index in [1.54, 1.807) is 23.8 Å². The number of methoxy groups -OCH3 is 1. The quantitative estimate of drug-likeness (QED) is 0.809. The minimum atomic E-state index is 0.0449. The van der Waals surface area contributed by atoms with Crippen LogP contribution in [0.4, 0.5) is 0 Å². The Hall–Kier alpha value is -1.97. The van der Waals surface area contributed by atoms with E-state index in [-0.39, 0.29) is 11.7 Å². The van der Waals surface area contributed by atoms with E-state index < -0.39 is 0 Å². The summed E-state index contributed by atoms with van der Waals surface area (Å²) in [6.07, 6.45) is 11.3. The Kier molecular flexibility index (Phi) is 5.44. The number of hydrogen-bond donors (Lipinski definition) is 2. The van der Waals surface area contributed by atoms with Crippen molar-refractivity contribution >= 4 is 5.91 Å². The van der Waals surface area contributed by atoms with Crippen LogP contribution in [0.3, 0.4) is 0 Å². The summed E-state index contributed by atoms with van der Waals surface area (Å²) < 4.78 is 5.09. The lowest BCUT2D eigenvalue weighted by atomic mass is 9.81. The number of aromatic hydroxyl groups is 1. The highest BCUT2D eigenvalue weighted by Crippen LogP contribution is 2.32.